The van der Waals surface area contributed by atoms with E-state index >= 15 is 0 Å². The Bertz CT molecular complexity index is 24.8. The molecule has 0 heterocycles. The van der Waals surface area contributed by atoms with Crippen LogP contribution in [0.2, 0.25) is 0 Å². The van der Waals surface area contributed by atoms with E-state index in [1.165, 1.54) is 0 Å². The molecule has 1 nitrogen and oxygen atoms in total. The predicted octanol–water partition coefficient (Wildman–Crippen LogP) is 1.22. The standard InChI is InChI=1S/C3H7ClO.Hg/c1-3(4)5-2;/h3H,1-2H3;/q;+2. The third-order valence-corrected chi connectivity index (χ3v) is 0.503. The number of halogens is 1. The van der Waals surface area contributed by atoms with Crippen LogP contribution in [0.5, 0.6) is 0 Å². The fourth-order valence-corrected chi connectivity index (χ4v) is 0. The van der Waals surface area contributed by atoms with E-state index < -0.39 is 0 Å². The zero-order valence-corrected chi connectivity index (χ0v) is 10.3. The molecule has 0 fully saturated rings. The van der Waals surface area contributed by atoms with Gasteiger partial charge in [0.1, 0.15) is 5.56 Å². The van der Waals surface area contributed by atoms with Crippen molar-refractivity contribution < 1.29 is 32.4 Å². The van der Waals surface area contributed by atoms with E-state index in [9.17, 15) is 0 Å². The summed E-state index contributed by atoms with van der Waals surface area (Å²) in [6.45, 7) is 1.77. The van der Waals surface area contributed by atoms with E-state index in [0.717, 1.165) is 0 Å². The molecule has 3 heteroatoms. The molecule has 0 bridgehead atoms. The number of hydrogen-bond donors (Lipinski definition) is 0. The van der Waals surface area contributed by atoms with Gasteiger partial charge in [0.05, 0.1) is 0 Å². The van der Waals surface area contributed by atoms with Gasteiger partial charge in [-0.25, -0.2) is 0 Å². The van der Waals surface area contributed by atoms with Gasteiger partial charge in [-0.15, -0.1) is 0 Å². The van der Waals surface area contributed by atoms with Crippen molar-refractivity contribution in [3.63, 3.8) is 0 Å². The SMILES string of the molecule is COC(C)Cl.[Hg+2]. The van der Waals surface area contributed by atoms with Crippen LogP contribution in [-0.4, -0.2) is 12.7 Å². The average Bonchev–Trinajstić information content (AvgIpc) is 1.38. The maximum absolute atomic E-state index is 5.24. The van der Waals surface area contributed by atoms with Crippen molar-refractivity contribution >= 4 is 11.6 Å². The summed E-state index contributed by atoms with van der Waals surface area (Å²) in [5.74, 6) is 0. The van der Waals surface area contributed by atoms with Gasteiger partial charge in [0, 0.05) is 7.11 Å². The van der Waals surface area contributed by atoms with Crippen LogP contribution < -0.4 is 0 Å². The zero-order chi connectivity index (χ0) is 4.28. The molecule has 0 saturated heterocycles. The van der Waals surface area contributed by atoms with E-state index in [4.69, 9.17) is 11.6 Å². The fraction of sp³-hybridized carbons (Fsp3) is 1.00. The number of ether oxygens (including phenoxy) is 1. The number of hydrogen-bond acceptors (Lipinski definition) is 1. The Morgan fingerprint density at radius 3 is 1.83 bits per heavy atom. The zero-order valence-electron chi connectivity index (χ0n) is 4.07. The maximum atomic E-state index is 5.24. The summed E-state index contributed by atoms with van der Waals surface area (Å²) in [7, 11) is 1.57. The van der Waals surface area contributed by atoms with Gasteiger partial charge in [-0.05, 0) is 6.92 Å². The third kappa shape index (κ3) is 8.95. The van der Waals surface area contributed by atoms with E-state index in [1.807, 2.05) is 0 Å². The molecule has 0 N–H and O–H groups in total. The second kappa shape index (κ2) is 6.19. The summed E-state index contributed by atoms with van der Waals surface area (Å²) in [4.78, 5) is 0. The molecule has 0 saturated carbocycles. The van der Waals surface area contributed by atoms with E-state index in [1.54, 1.807) is 14.0 Å². The normalized spacial score (nSPS) is 12.5. The van der Waals surface area contributed by atoms with Crippen LogP contribution in [-0.2, 0) is 32.4 Å². The molecular formula is C3H7ClHgO+2. The summed E-state index contributed by atoms with van der Waals surface area (Å²) in [6, 6.07) is 0. The largest absolute Gasteiger partial charge is 2.00 e. The second-order valence-corrected chi connectivity index (χ2v) is 1.39. The maximum Gasteiger partial charge on any atom is 2.00 e. The Morgan fingerprint density at radius 2 is 1.83 bits per heavy atom. The molecular weight excluding hydrogens is 288 g/mol. The van der Waals surface area contributed by atoms with Crippen LogP contribution in [0.25, 0.3) is 0 Å². The first-order valence-electron chi connectivity index (χ1n) is 1.44. The molecule has 0 spiro atoms. The van der Waals surface area contributed by atoms with Crippen LogP contribution in [0.1, 0.15) is 6.92 Å². The van der Waals surface area contributed by atoms with Crippen LogP contribution in [0.4, 0.5) is 0 Å². The summed E-state index contributed by atoms with van der Waals surface area (Å²) in [6.07, 6.45) is 0. The first-order chi connectivity index (χ1) is 2.27. The quantitative estimate of drug-likeness (QED) is 0.522. The molecule has 0 aromatic heterocycles. The average molecular weight is 295 g/mol. The van der Waals surface area contributed by atoms with Gasteiger partial charge in [0.25, 0.3) is 0 Å². The third-order valence-electron chi connectivity index (χ3n) is 0.325. The Hall–Kier alpha value is 1.19. The molecule has 0 amide bonds. The molecule has 0 radical (unpaired) electrons. The van der Waals surface area contributed by atoms with Crippen LogP contribution in [0, 0.1) is 0 Å². The summed E-state index contributed by atoms with van der Waals surface area (Å²) >= 11 is 5.24. The Kier molecular flexibility index (Phi) is 10.5. The van der Waals surface area contributed by atoms with Crippen LogP contribution in [0.15, 0.2) is 0 Å². The van der Waals surface area contributed by atoms with Gasteiger partial charge in [-0.1, -0.05) is 11.6 Å². The van der Waals surface area contributed by atoms with E-state index in [0.29, 0.717) is 0 Å². The smallest absolute Gasteiger partial charge is 0.366 e. The predicted molar refractivity (Wildman–Crippen MR) is 22.3 cm³/mol. The van der Waals surface area contributed by atoms with Crippen molar-refractivity contribution in [1.29, 1.82) is 0 Å². The summed E-state index contributed by atoms with van der Waals surface area (Å²) in [5.41, 5.74) is -0.144. The van der Waals surface area contributed by atoms with Gasteiger partial charge in [0.15, 0.2) is 0 Å². The Labute approximate surface area is 63.5 Å². The monoisotopic (exact) mass is 296 g/mol. The molecule has 32 valence electrons. The number of alkyl halides is 1. The van der Waals surface area contributed by atoms with Crippen LogP contribution in [0.3, 0.4) is 0 Å². The molecule has 0 aromatic rings. The molecule has 6 heavy (non-hydrogen) atoms. The van der Waals surface area contributed by atoms with E-state index in [2.05, 4.69) is 4.74 Å². The minimum atomic E-state index is -0.144. The summed E-state index contributed by atoms with van der Waals surface area (Å²) < 4.78 is 4.52. The fourth-order valence-electron chi connectivity index (χ4n) is 0. The molecule has 0 aliphatic carbocycles. The second-order valence-electron chi connectivity index (χ2n) is 0.779. The number of methoxy groups -OCH3 is 1. The minimum absolute atomic E-state index is 0. The van der Waals surface area contributed by atoms with Gasteiger partial charge in [-0.3, -0.25) is 0 Å². The molecule has 0 rings (SSSR count). The van der Waals surface area contributed by atoms with Crippen molar-refractivity contribution in [3.05, 3.63) is 0 Å². The number of rotatable bonds is 1. The van der Waals surface area contributed by atoms with Crippen molar-refractivity contribution in [1.82, 2.24) is 0 Å². The molecule has 0 aliphatic rings. The van der Waals surface area contributed by atoms with Gasteiger partial charge in [-0.2, -0.15) is 0 Å². The molecule has 0 aromatic carbocycles. The van der Waals surface area contributed by atoms with Gasteiger partial charge < -0.3 is 4.74 Å². The van der Waals surface area contributed by atoms with Gasteiger partial charge >= 0.3 is 27.7 Å². The van der Waals surface area contributed by atoms with Crippen LogP contribution >= 0.6 is 11.6 Å². The topological polar surface area (TPSA) is 9.23 Å². The Morgan fingerprint density at radius 1 is 1.67 bits per heavy atom. The Balaban J connectivity index is 0. The summed E-state index contributed by atoms with van der Waals surface area (Å²) in [5, 5.41) is 0. The van der Waals surface area contributed by atoms with E-state index in [-0.39, 0.29) is 33.2 Å². The van der Waals surface area contributed by atoms with Gasteiger partial charge in [0.2, 0.25) is 0 Å². The first-order valence-corrected chi connectivity index (χ1v) is 1.88. The van der Waals surface area contributed by atoms with Crippen molar-refractivity contribution in [2.24, 2.45) is 0 Å². The van der Waals surface area contributed by atoms with Crippen molar-refractivity contribution in [2.75, 3.05) is 7.11 Å². The van der Waals surface area contributed by atoms with Crippen molar-refractivity contribution in [2.45, 2.75) is 12.5 Å². The first kappa shape index (κ1) is 10.2. The minimum Gasteiger partial charge on any atom is -0.366 e. The molecule has 1 atom stereocenters. The van der Waals surface area contributed by atoms with Crippen molar-refractivity contribution in [3.8, 4) is 0 Å². The molecule has 1 unspecified atom stereocenters. The molecule has 0 aliphatic heterocycles.